The zero-order valence-corrected chi connectivity index (χ0v) is 18.7. The molecule has 1 unspecified atom stereocenters. The van der Waals surface area contributed by atoms with E-state index >= 15 is 0 Å². The number of rotatable bonds is 7. The molecule has 0 spiro atoms. The number of carbonyl (C=O) groups is 3. The van der Waals surface area contributed by atoms with Crippen LogP contribution in [0.2, 0.25) is 0 Å². The molecular weight excluding hydrogens is 434 g/mol. The van der Waals surface area contributed by atoms with Gasteiger partial charge in [0.25, 0.3) is 5.91 Å². The zero-order chi connectivity index (χ0) is 24.1. The molecule has 0 saturated carbocycles. The van der Waals surface area contributed by atoms with Crippen LogP contribution in [0.15, 0.2) is 72.8 Å². The van der Waals surface area contributed by atoms with Gasteiger partial charge in [-0.2, -0.15) is 0 Å². The second-order valence-electron chi connectivity index (χ2n) is 7.52. The number of aromatic amines is 1. The standard InChI is InChI=1S/C26H23N3O5/c1-3-33-25(31)18-9-12-20(13-10-18)27-24(30)16(2)34-26(32)19-11-14-21-22(15-19)29-23(28-21)17-7-5-4-6-8-17/h4-16H,3H2,1-2H3,(H,27,30)(H,28,29). The lowest BCUT2D eigenvalue weighted by molar-refractivity contribution is -0.123. The highest BCUT2D eigenvalue weighted by Crippen LogP contribution is 2.21. The molecule has 0 bridgehead atoms. The number of benzene rings is 3. The number of esters is 2. The number of carbonyl (C=O) groups excluding carboxylic acids is 3. The molecule has 8 heteroatoms. The average molecular weight is 457 g/mol. The van der Waals surface area contributed by atoms with E-state index in [0.717, 1.165) is 5.56 Å². The Morgan fingerprint density at radius 1 is 0.941 bits per heavy atom. The van der Waals surface area contributed by atoms with Crippen molar-refractivity contribution >= 4 is 34.6 Å². The van der Waals surface area contributed by atoms with Gasteiger partial charge in [-0.15, -0.1) is 0 Å². The Hall–Kier alpha value is -4.46. The number of hydrogen-bond acceptors (Lipinski definition) is 6. The van der Waals surface area contributed by atoms with Gasteiger partial charge >= 0.3 is 11.9 Å². The van der Waals surface area contributed by atoms with Gasteiger partial charge in [-0.1, -0.05) is 30.3 Å². The van der Waals surface area contributed by atoms with Crippen molar-refractivity contribution in [2.75, 3.05) is 11.9 Å². The Morgan fingerprint density at radius 3 is 2.35 bits per heavy atom. The van der Waals surface area contributed by atoms with Crippen LogP contribution in [-0.4, -0.2) is 40.5 Å². The van der Waals surface area contributed by atoms with Crippen LogP contribution in [-0.2, 0) is 14.3 Å². The van der Waals surface area contributed by atoms with Crippen molar-refractivity contribution in [2.45, 2.75) is 20.0 Å². The fourth-order valence-corrected chi connectivity index (χ4v) is 3.30. The average Bonchev–Trinajstić information content (AvgIpc) is 3.28. The Balaban J connectivity index is 1.39. The van der Waals surface area contributed by atoms with Crippen LogP contribution in [0.3, 0.4) is 0 Å². The third-order valence-corrected chi connectivity index (χ3v) is 5.08. The number of H-pyrrole nitrogens is 1. The van der Waals surface area contributed by atoms with Gasteiger partial charge in [-0.3, -0.25) is 4.79 Å². The lowest BCUT2D eigenvalue weighted by Gasteiger charge is -2.14. The minimum Gasteiger partial charge on any atom is -0.462 e. The monoisotopic (exact) mass is 457 g/mol. The molecular formula is C26H23N3O5. The van der Waals surface area contributed by atoms with E-state index in [0.29, 0.717) is 33.7 Å². The van der Waals surface area contributed by atoms with E-state index in [1.54, 1.807) is 49.4 Å². The molecule has 4 rings (SSSR count). The van der Waals surface area contributed by atoms with Gasteiger partial charge in [0, 0.05) is 11.3 Å². The van der Waals surface area contributed by atoms with Crippen LogP contribution in [0, 0.1) is 0 Å². The maximum atomic E-state index is 12.6. The first-order valence-corrected chi connectivity index (χ1v) is 10.8. The fourth-order valence-electron chi connectivity index (χ4n) is 3.30. The molecule has 34 heavy (non-hydrogen) atoms. The molecule has 0 radical (unpaired) electrons. The van der Waals surface area contributed by atoms with Crippen LogP contribution in [0.5, 0.6) is 0 Å². The number of nitrogens with one attached hydrogen (secondary N) is 2. The molecule has 0 aliphatic rings. The Morgan fingerprint density at radius 2 is 1.65 bits per heavy atom. The maximum Gasteiger partial charge on any atom is 0.338 e. The van der Waals surface area contributed by atoms with E-state index in [1.807, 2.05) is 30.3 Å². The van der Waals surface area contributed by atoms with Crippen LogP contribution in [0.4, 0.5) is 5.69 Å². The van der Waals surface area contributed by atoms with Crippen LogP contribution < -0.4 is 5.32 Å². The molecule has 0 saturated heterocycles. The zero-order valence-electron chi connectivity index (χ0n) is 18.7. The predicted octanol–water partition coefficient (Wildman–Crippen LogP) is 4.59. The van der Waals surface area contributed by atoms with Gasteiger partial charge in [0.2, 0.25) is 0 Å². The van der Waals surface area contributed by atoms with Crippen molar-refractivity contribution in [1.82, 2.24) is 9.97 Å². The summed E-state index contributed by atoms with van der Waals surface area (Å²) in [5.74, 6) is -0.861. The third kappa shape index (κ3) is 5.12. The molecule has 1 amide bonds. The smallest absolute Gasteiger partial charge is 0.338 e. The highest BCUT2D eigenvalue weighted by atomic mass is 16.5. The van der Waals surface area contributed by atoms with Crippen molar-refractivity contribution in [2.24, 2.45) is 0 Å². The summed E-state index contributed by atoms with van der Waals surface area (Å²) in [4.78, 5) is 44.6. The van der Waals surface area contributed by atoms with E-state index in [2.05, 4.69) is 15.3 Å². The van der Waals surface area contributed by atoms with E-state index in [-0.39, 0.29) is 6.61 Å². The number of ether oxygens (including phenoxy) is 2. The Kier molecular flexibility index (Phi) is 6.68. The van der Waals surface area contributed by atoms with Gasteiger partial charge in [-0.25, -0.2) is 14.6 Å². The topological polar surface area (TPSA) is 110 Å². The number of fused-ring (bicyclic) bond motifs is 1. The normalized spacial score (nSPS) is 11.6. The summed E-state index contributed by atoms with van der Waals surface area (Å²) in [5, 5.41) is 2.66. The lowest BCUT2D eigenvalue weighted by atomic mass is 10.2. The molecule has 4 aromatic rings. The summed E-state index contributed by atoms with van der Waals surface area (Å²) in [7, 11) is 0. The lowest BCUT2D eigenvalue weighted by Crippen LogP contribution is -2.30. The summed E-state index contributed by atoms with van der Waals surface area (Å²) in [6.45, 7) is 3.49. The Bertz CT molecular complexity index is 1330. The number of amides is 1. The van der Waals surface area contributed by atoms with Crippen molar-refractivity contribution in [3.05, 3.63) is 83.9 Å². The number of hydrogen-bond donors (Lipinski definition) is 2. The van der Waals surface area contributed by atoms with E-state index in [9.17, 15) is 14.4 Å². The first-order chi connectivity index (χ1) is 16.4. The number of aromatic nitrogens is 2. The molecule has 0 fully saturated rings. The molecule has 0 aliphatic heterocycles. The summed E-state index contributed by atoms with van der Waals surface area (Å²) < 4.78 is 10.3. The number of nitrogens with zero attached hydrogens (tertiary/aromatic N) is 1. The van der Waals surface area contributed by atoms with Crippen LogP contribution in [0.1, 0.15) is 34.6 Å². The highest BCUT2D eigenvalue weighted by molar-refractivity contribution is 5.99. The minimum atomic E-state index is -1.03. The van der Waals surface area contributed by atoms with Gasteiger partial charge < -0.3 is 19.8 Å². The van der Waals surface area contributed by atoms with E-state index in [4.69, 9.17) is 9.47 Å². The quantitative estimate of drug-likeness (QED) is 0.393. The summed E-state index contributed by atoms with van der Waals surface area (Å²) in [6.07, 6.45) is -1.03. The van der Waals surface area contributed by atoms with Crippen molar-refractivity contribution < 1.29 is 23.9 Å². The molecule has 2 N–H and O–H groups in total. The Labute approximate surface area is 195 Å². The van der Waals surface area contributed by atoms with Gasteiger partial charge in [0.05, 0.1) is 28.8 Å². The highest BCUT2D eigenvalue weighted by Gasteiger charge is 2.20. The van der Waals surface area contributed by atoms with Crippen molar-refractivity contribution in [3.8, 4) is 11.4 Å². The van der Waals surface area contributed by atoms with E-state index < -0.39 is 23.9 Å². The maximum absolute atomic E-state index is 12.6. The molecule has 172 valence electrons. The first-order valence-electron chi connectivity index (χ1n) is 10.8. The molecule has 1 atom stereocenters. The predicted molar refractivity (Wildman–Crippen MR) is 127 cm³/mol. The van der Waals surface area contributed by atoms with E-state index in [1.165, 1.54) is 6.92 Å². The molecule has 0 aliphatic carbocycles. The van der Waals surface area contributed by atoms with Crippen molar-refractivity contribution in [1.29, 1.82) is 0 Å². The molecule has 8 nitrogen and oxygen atoms in total. The summed E-state index contributed by atoms with van der Waals surface area (Å²) in [5.41, 5.74) is 3.48. The van der Waals surface area contributed by atoms with Crippen LogP contribution in [0.25, 0.3) is 22.4 Å². The first kappa shape index (κ1) is 22.7. The fraction of sp³-hybridized carbons (Fsp3) is 0.154. The summed E-state index contributed by atoms with van der Waals surface area (Å²) in [6, 6.07) is 20.9. The van der Waals surface area contributed by atoms with Crippen LogP contribution >= 0.6 is 0 Å². The third-order valence-electron chi connectivity index (χ3n) is 5.08. The number of anilines is 1. The number of imidazole rings is 1. The second kappa shape index (κ2) is 9.99. The van der Waals surface area contributed by atoms with Gasteiger partial charge in [0.15, 0.2) is 6.10 Å². The second-order valence-corrected chi connectivity index (χ2v) is 7.52. The molecule has 1 heterocycles. The summed E-state index contributed by atoms with van der Waals surface area (Å²) >= 11 is 0. The molecule has 1 aromatic heterocycles. The largest absolute Gasteiger partial charge is 0.462 e. The van der Waals surface area contributed by atoms with Gasteiger partial charge in [0.1, 0.15) is 5.82 Å². The molecule has 3 aromatic carbocycles. The SMILES string of the molecule is CCOC(=O)c1ccc(NC(=O)C(C)OC(=O)c2ccc3nc(-c4ccccc4)[nH]c3c2)cc1. The van der Waals surface area contributed by atoms with Crippen molar-refractivity contribution in [3.63, 3.8) is 0 Å². The minimum absolute atomic E-state index is 0.279. The van der Waals surface area contributed by atoms with Gasteiger partial charge in [-0.05, 0) is 56.3 Å².